The molecule has 0 unspecified atom stereocenters. The highest BCUT2D eigenvalue weighted by molar-refractivity contribution is 5.99. The standard InChI is InChI=1S/C31H41FN4O2/c1-20(2)34(5)31(37)27-15-26(32)6-7-28(27)36-19-25(30-21(3)16-33-17-29(30)36)14-23-8-11-35(18-23)22(4)24-9-12-38-13-10-24/h6-7,15-17,19-20,22-24H,8-14,18H2,1-5H3/t22-,23+/m0/s1. The van der Waals surface area contributed by atoms with E-state index >= 15 is 0 Å². The van der Waals surface area contributed by atoms with Crippen molar-refractivity contribution in [1.29, 1.82) is 0 Å². The third kappa shape index (κ3) is 5.23. The molecule has 0 spiro atoms. The maximum absolute atomic E-state index is 14.4. The topological polar surface area (TPSA) is 50.6 Å². The Kier molecular flexibility index (Phi) is 7.87. The first kappa shape index (κ1) is 26.8. The highest BCUT2D eigenvalue weighted by atomic mass is 19.1. The molecule has 0 bridgehead atoms. The minimum absolute atomic E-state index is 0.00772. The normalized spacial score (nSPS) is 19.9. The lowest BCUT2D eigenvalue weighted by atomic mass is 9.92. The number of hydrogen-bond acceptors (Lipinski definition) is 4. The zero-order valence-corrected chi connectivity index (χ0v) is 23.4. The maximum atomic E-state index is 14.4. The number of nitrogens with zero attached hydrogens (tertiary/aromatic N) is 4. The van der Waals surface area contributed by atoms with Crippen LogP contribution in [-0.2, 0) is 11.2 Å². The number of aryl methyl sites for hydroxylation is 1. The summed E-state index contributed by atoms with van der Waals surface area (Å²) in [5, 5.41) is 1.19. The minimum Gasteiger partial charge on any atom is -0.381 e. The molecule has 2 aliphatic rings. The van der Waals surface area contributed by atoms with Crippen LogP contribution in [0.5, 0.6) is 0 Å². The first-order chi connectivity index (χ1) is 18.2. The molecule has 0 N–H and O–H groups in total. The van der Waals surface area contributed by atoms with Gasteiger partial charge in [0.2, 0.25) is 0 Å². The number of pyridine rings is 1. The van der Waals surface area contributed by atoms with Gasteiger partial charge in [-0.25, -0.2) is 4.39 Å². The van der Waals surface area contributed by atoms with Crippen molar-refractivity contribution in [3.8, 4) is 5.69 Å². The van der Waals surface area contributed by atoms with Gasteiger partial charge in [0.25, 0.3) is 5.91 Å². The van der Waals surface area contributed by atoms with Crippen LogP contribution in [0.3, 0.4) is 0 Å². The predicted octanol–water partition coefficient (Wildman–Crippen LogP) is 5.63. The van der Waals surface area contributed by atoms with Crippen molar-refractivity contribution in [2.24, 2.45) is 11.8 Å². The summed E-state index contributed by atoms with van der Waals surface area (Å²) in [6, 6.07) is 5.10. The summed E-state index contributed by atoms with van der Waals surface area (Å²) in [6.07, 6.45) is 10.4. The Labute approximate surface area is 225 Å². The van der Waals surface area contributed by atoms with Gasteiger partial charge in [-0.3, -0.25) is 9.78 Å². The Hall–Kier alpha value is -2.77. The molecule has 2 atom stereocenters. The number of carbonyl (C=O) groups is 1. The van der Waals surface area contributed by atoms with E-state index in [2.05, 4.69) is 29.9 Å². The number of rotatable bonds is 7. The quantitative estimate of drug-likeness (QED) is 0.405. The van der Waals surface area contributed by atoms with E-state index in [1.807, 2.05) is 30.8 Å². The number of halogens is 1. The number of fused-ring (bicyclic) bond motifs is 1. The first-order valence-corrected chi connectivity index (χ1v) is 14.1. The SMILES string of the molecule is Cc1cncc2c1c(C[C@H]1CCN([C@@H](C)C3CCOCC3)C1)cn2-c1ccc(F)cc1C(=O)N(C)C(C)C. The Morgan fingerprint density at radius 1 is 1.18 bits per heavy atom. The van der Waals surface area contributed by atoms with Crippen LogP contribution in [0.25, 0.3) is 16.6 Å². The van der Waals surface area contributed by atoms with Gasteiger partial charge < -0.3 is 19.1 Å². The number of aromatic nitrogens is 2. The van der Waals surface area contributed by atoms with Gasteiger partial charge in [-0.05, 0) is 101 Å². The second-order valence-electron chi connectivity index (χ2n) is 11.6. The zero-order valence-electron chi connectivity index (χ0n) is 23.4. The van der Waals surface area contributed by atoms with Crippen molar-refractivity contribution in [2.75, 3.05) is 33.4 Å². The fourth-order valence-electron chi connectivity index (χ4n) is 6.32. The average molecular weight is 521 g/mol. The number of hydrogen-bond donors (Lipinski definition) is 0. The number of amides is 1. The van der Waals surface area contributed by atoms with Crippen LogP contribution in [-0.4, -0.2) is 70.7 Å². The molecule has 2 aliphatic heterocycles. The van der Waals surface area contributed by atoms with Gasteiger partial charge in [-0.2, -0.15) is 0 Å². The number of benzene rings is 1. The van der Waals surface area contributed by atoms with Gasteiger partial charge in [0.15, 0.2) is 0 Å². The lowest BCUT2D eigenvalue weighted by Crippen LogP contribution is -2.39. The van der Waals surface area contributed by atoms with E-state index < -0.39 is 5.82 Å². The fourth-order valence-corrected chi connectivity index (χ4v) is 6.32. The van der Waals surface area contributed by atoms with Crippen LogP contribution in [0.2, 0.25) is 0 Å². The van der Waals surface area contributed by atoms with Gasteiger partial charge in [0.05, 0.1) is 23.0 Å². The molecule has 1 aromatic carbocycles. The highest BCUT2D eigenvalue weighted by Crippen LogP contribution is 2.34. The van der Waals surface area contributed by atoms with E-state index in [4.69, 9.17) is 4.74 Å². The lowest BCUT2D eigenvalue weighted by Gasteiger charge is -2.34. The first-order valence-electron chi connectivity index (χ1n) is 14.1. The van der Waals surface area contributed by atoms with Crippen LogP contribution >= 0.6 is 0 Å². The molecule has 0 radical (unpaired) electrons. The van der Waals surface area contributed by atoms with Crippen LogP contribution in [0.4, 0.5) is 4.39 Å². The summed E-state index contributed by atoms with van der Waals surface area (Å²) in [5.41, 5.74) is 4.40. The van der Waals surface area contributed by atoms with Crippen molar-refractivity contribution >= 4 is 16.8 Å². The molecular formula is C31H41FN4O2. The molecular weight excluding hydrogens is 479 g/mol. The number of ether oxygens (including phenoxy) is 1. The monoisotopic (exact) mass is 520 g/mol. The highest BCUT2D eigenvalue weighted by Gasteiger charge is 2.32. The molecule has 6 nitrogen and oxygen atoms in total. The van der Waals surface area contributed by atoms with E-state index in [1.165, 1.54) is 29.5 Å². The fraction of sp³-hybridized carbons (Fsp3) is 0.548. The second kappa shape index (κ2) is 11.1. The molecule has 7 heteroatoms. The Bertz CT molecular complexity index is 1300. The Morgan fingerprint density at radius 3 is 2.68 bits per heavy atom. The average Bonchev–Trinajstić information content (AvgIpc) is 3.53. The summed E-state index contributed by atoms with van der Waals surface area (Å²) in [5.74, 6) is 0.693. The third-order valence-electron chi connectivity index (χ3n) is 8.87. The molecule has 2 saturated heterocycles. The van der Waals surface area contributed by atoms with Crippen molar-refractivity contribution in [3.63, 3.8) is 0 Å². The maximum Gasteiger partial charge on any atom is 0.256 e. The molecule has 2 fully saturated rings. The summed E-state index contributed by atoms with van der Waals surface area (Å²) in [7, 11) is 1.76. The summed E-state index contributed by atoms with van der Waals surface area (Å²) < 4.78 is 22.0. The molecule has 38 heavy (non-hydrogen) atoms. The molecule has 4 heterocycles. The number of likely N-dealkylation sites (tertiary alicyclic amines) is 1. The Balaban J connectivity index is 1.46. The van der Waals surface area contributed by atoms with Crippen LogP contribution < -0.4 is 0 Å². The smallest absolute Gasteiger partial charge is 0.256 e. The van der Waals surface area contributed by atoms with Crippen LogP contribution in [0.1, 0.15) is 61.5 Å². The summed E-state index contributed by atoms with van der Waals surface area (Å²) in [6.45, 7) is 12.4. The molecule has 5 rings (SSSR count). The van der Waals surface area contributed by atoms with Crippen molar-refractivity contribution in [1.82, 2.24) is 19.4 Å². The third-order valence-corrected chi connectivity index (χ3v) is 8.87. The van der Waals surface area contributed by atoms with Crippen molar-refractivity contribution in [3.05, 3.63) is 59.3 Å². The van der Waals surface area contributed by atoms with E-state index in [-0.39, 0.29) is 11.9 Å². The van der Waals surface area contributed by atoms with E-state index in [9.17, 15) is 9.18 Å². The van der Waals surface area contributed by atoms with Crippen molar-refractivity contribution < 1.29 is 13.9 Å². The molecule has 2 aromatic heterocycles. The Morgan fingerprint density at radius 2 is 1.95 bits per heavy atom. The van der Waals surface area contributed by atoms with Gasteiger partial charge in [-0.15, -0.1) is 0 Å². The lowest BCUT2D eigenvalue weighted by molar-refractivity contribution is 0.0348. The van der Waals surface area contributed by atoms with Crippen LogP contribution in [0.15, 0.2) is 36.8 Å². The summed E-state index contributed by atoms with van der Waals surface area (Å²) >= 11 is 0. The summed E-state index contributed by atoms with van der Waals surface area (Å²) in [4.78, 5) is 22.2. The van der Waals surface area contributed by atoms with E-state index in [0.29, 0.717) is 23.2 Å². The van der Waals surface area contributed by atoms with Gasteiger partial charge in [0, 0.05) is 56.7 Å². The largest absolute Gasteiger partial charge is 0.381 e. The molecule has 1 amide bonds. The van der Waals surface area contributed by atoms with Gasteiger partial charge in [0.1, 0.15) is 5.82 Å². The van der Waals surface area contributed by atoms with Crippen molar-refractivity contribution in [2.45, 2.75) is 65.5 Å². The van der Waals surface area contributed by atoms with E-state index in [0.717, 1.165) is 62.6 Å². The second-order valence-corrected chi connectivity index (χ2v) is 11.6. The minimum atomic E-state index is -0.412. The zero-order chi connectivity index (χ0) is 27.0. The van der Waals surface area contributed by atoms with Gasteiger partial charge >= 0.3 is 0 Å². The van der Waals surface area contributed by atoms with Gasteiger partial charge in [-0.1, -0.05) is 0 Å². The predicted molar refractivity (Wildman–Crippen MR) is 149 cm³/mol. The van der Waals surface area contributed by atoms with Crippen LogP contribution in [0, 0.1) is 24.6 Å². The molecule has 0 saturated carbocycles. The molecule has 0 aliphatic carbocycles. The number of carbonyl (C=O) groups excluding carboxylic acids is 1. The van der Waals surface area contributed by atoms with E-state index in [1.54, 1.807) is 18.0 Å². The molecule has 204 valence electrons. The molecule has 3 aromatic rings.